The molecule has 0 saturated carbocycles. The molecule has 1 aliphatic heterocycles. The Labute approximate surface area is 104 Å². The van der Waals surface area contributed by atoms with Gasteiger partial charge in [-0.3, -0.25) is 4.79 Å². The number of morpholine rings is 1. The Kier molecular flexibility index (Phi) is 3.61. The lowest BCUT2D eigenvalue weighted by molar-refractivity contribution is -0.136. The zero-order chi connectivity index (χ0) is 11.5. The van der Waals surface area contributed by atoms with Crippen LogP contribution >= 0.6 is 15.9 Å². The van der Waals surface area contributed by atoms with Crippen molar-refractivity contribution in [2.24, 2.45) is 0 Å². The second-order valence-electron chi connectivity index (χ2n) is 3.88. The predicted octanol–water partition coefficient (Wildman–Crippen LogP) is 2.37. The average molecular weight is 284 g/mol. The molecular formula is C12H14BrNO2. The van der Waals surface area contributed by atoms with Crippen molar-refractivity contribution in [3.63, 3.8) is 0 Å². The van der Waals surface area contributed by atoms with E-state index in [4.69, 9.17) is 4.74 Å². The Balaban J connectivity index is 2.12. The van der Waals surface area contributed by atoms with Crippen molar-refractivity contribution in [1.29, 1.82) is 0 Å². The molecule has 4 heteroatoms. The van der Waals surface area contributed by atoms with Crippen LogP contribution in [0.25, 0.3) is 0 Å². The second-order valence-corrected chi connectivity index (χ2v) is 4.80. The van der Waals surface area contributed by atoms with Crippen LogP contribution in [0.1, 0.15) is 18.6 Å². The molecule has 1 aromatic rings. The van der Waals surface area contributed by atoms with E-state index in [0.29, 0.717) is 19.7 Å². The molecule has 16 heavy (non-hydrogen) atoms. The smallest absolute Gasteiger partial charge is 0.219 e. The summed E-state index contributed by atoms with van der Waals surface area (Å²) < 4.78 is 6.72. The van der Waals surface area contributed by atoms with Crippen LogP contribution in [0.3, 0.4) is 0 Å². The Morgan fingerprint density at radius 2 is 2.38 bits per heavy atom. The number of nitrogens with zero attached hydrogens (tertiary/aromatic N) is 1. The number of rotatable bonds is 1. The molecule has 0 N–H and O–H groups in total. The number of carbonyl (C=O) groups is 1. The normalized spacial score (nSPS) is 20.9. The van der Waals surface area contributed by atoms with Crippen molar-refractivity contribution in [3.05, 3.63) is 34.3 Å². The highest BCUT2D eigenvalue weighted by Crippen LogP contribution is 2.24. The maximum absolute atomic E-state index is 11.3. The molecule has 0 radical (unpaired) electrons. The van der Waals surface area contributed by atoms with Crippen LogP contribution in [0.4, 0.5) is 0 Å². The molecule has 86 valence electrons. The molecule has 0 spiro atoms. The van der Waals surface area contributed by atoms with Gasteiger partial charge in [-0.15, -0.1) is 0 Å². The van der Waals surface area contributed by atoms with Crippen LogP contribution in [-0.2, 0) is 9.53 Å². The first kappa shape index (κ1) is 11.6. The summed E-state index contributed by atoms with van der Waals surface area (Å²) in [5.74, 6) is 0.114. The van der Waals surface area contributed by atoms with Crippen molar-refractivity contribution in [2.75, 3.05) is 19.7 Å². The molecule has 2 rings (SSSR count). The first-order chi connectivity index (χ1) is 7.66. The molecule has 0 aliphatic carbocycles. The van der Waals surface area contributed by atoms with Crippen LogP contribution in [0, 0.1) is 0 Å². The van der Waals surface area contributed by atoms with Gasteiger partial charge in [0.2, 0.25) is 5.91 Å². The number of benzene rings is 1. The highest BCUT2D eigenvalue weighted by molar-refractivity contribution is 9.10. The van der Waals surface area contributed by atoms with Gasteiger partial charge in [0.15, 0.2) is 0 Å². The summed E-state index contributed by atoms with van der Waals surface area (Å²) >= 11 is 3.44. The quantitative estimate of drug-likeness (QED) is 0.792. The van der Waals surface area contributed by atoms with Gasteiger partial charge < -0.3 is 9.64 Å². The topological polar surface area (TPSA) is 29.5 Å². The summed E-state index contributed by atoms with van der Waals surface area (Å²) in [6.45, 7) is 3.55. The lowest BCUT2D eigenvalue weighted by Crippen LogP contribution is -2.41. The van der Waals surface area contributed by atoms with Crippen molar-refractivity contribution < 1.29 is 9.53 Å². The number of halogens is 1. The van der Waals surface area contributed by atoms with Crippen LogP contribution < -0.4 is 0 Å². The summed E-state index contributed by atoms with van der Waals surface area (Å²) in [5.41, 5.74) is 1.11. The molecule has 3 nitrogen and oxygen atoms in total. The minimum absolute atomic E-state index is 0.00449. The van der Waals surface area contributed by atoms with Gasteiger partial charge in [0.1, 0.15) is 6.10 Å². The summed E-state index contributed by atoms with van der Waals surface area (Å²) in [6, 6.07) is 8.03. The van der Waals surface area contributed by atoms with Gasteiger partial charge in [-0.05, 0) is 17.7 Å². The monoisotopic (exact) mass is 283 g/mol. The van der Waals surface area contributed by atoms with E-state index in [1.54, 1.807) is 6.92 Å². The number of hydrogen-bond acceptors (Lipinski definition) is 2. The van der Waals surface area contributed by atoms with Gasteiger partial charge in [0.05, 0.1) is 13.2 Å². The van der Waals surface area contributed by atoms with Crippen LogP contribution in [0.2, 0.25) is 0 Å². The summed E-state index contributed by atoms with van der Waals surface area (Å²) in [6.07, 6.45) is -0.00449. The molecule has 1 atom stereocenters. The highest BCUT2D eigenvalue weighted by atomic mass is 79.9. The molecule has 1 amide bonds. The van der Waals surface area contributed by atoms with Gasteiger partial charge in [0.25, 0.3) is 0 Å². The summed E-state index contributed by atoms with van der Waals surface area (Å²) in [4.78, 5) is 13.1. The summed E-state index contributed by atoms with van der Waals surface area (Å²) in [5, 5.41) is 0. The fourth-order valence-electron chi connectivity index (χ4n) is 1.84. The molecule has 1 unspecified atom stereocenters. The fraction of sp³-hybridized carbons (Fsp3) is 0.417. The first-order valence-electron chi connectivity index (χ1n) is 5.29. The second kappa shape index (κ2) is 4.97. The third-order valence-electron chi connectivity index (χ3n) is 2.73. The van der Waals surface area contributed by atoms with E-state index in [-0.39, 0.29) is 12.0 Å². The largest absolute Gasteiger partial charge is 0.370 e. The zero-order valence-corrected chi connectivity index (χ0v) is 10.7. The van der Waals surface area contributed by atoms with Gasteiger partial charge in [-0.2, -0.15) is 0 Å². The van der Waals surface area contributed by atoms with Gasteiger partial charge in [0, 0.05) is 17.9 Å². The van der Waals surface area contributed by atoms with Crippen LogP contribution in [-0.4, -0.2) is 30.5 Å². The maximum Gasteiger partial charge on any atom is 0.219 e. The fourth-order valence-corrected chi connectivity index (χ4v) is 2.26. The number of carbonyl (C=O) groups excluding carboxylic acids is 1. The lowest BCUT2D eigenvalue weighted by Gasteiger charge is -2.32. The third kappa shape index (κ3) is 2.62. The van der Waals surface area contributed by atoms with E-state index < -0.39 is 0 Å². The average Bonchev–Trinajstić information content (AvgIpc) is 2.29. The molecule has 1 fully saturated rings. The number of hydrogen-bond donors (Lipinski definition) is 0. The number of ether oxygens (including phenoxy) is 1. The van der Waals surface area contributed by atoms with E-state index in [1.165, 1.54) is 0 Å². The van der Waals surface area contributed by atoms with Crippen molar-refractivity contribution in [3.8, 4) is 0 Å². The Morgan fingerprint density at radius 3 is 3.06 bits per heavy atom. The minimum atomic E-state index is -0.00449. The molecule has 1 aliphatic rings. The number of amides is 1. The molecular weight excluding hydrogens is 270 g/mol. The predicted molar refractivity (Wildman–Crippen MR) is 65.1 cm³/mol. The van der Waals surface area contributed by atoms with Crippen LogP contribution in [0.5, 0.6) is 0 Å². The Morgan fingerprint density at radius 1 is 1.56 bits per heavy atom. The Bertz CT molecular complexity index is 394. The van der Waals surface area contributed by atoms with Crippen molar-refractivity contribution in [2.45, 2.75) is 13.0 Å². The maximum atomic E-state index is 11.3. The van der Waals surface area contributed by atoms with E-state index in [0.717, 1.165) is 10.0 Å². The lowest BCUT2D eigenvalue weighted by atomic mass is 10.1. The first-order valence-corrected chi connectivity index (χ1v) is 6.08. The van der Waals surface area contributed by atoms with Gasteiger partial charge >= 0.3 is 0 Å². The van der Waals surface area contributed by atoms with Gasteiger partial charge in [-0.25, -0.2) is 0 Å². The molecule has 1 saturated heterocycles. The molecule has 1 aromatic carbocycles. The third-order valence-corrected chi connectivity index (χ3v) is 3.23. The molecule has 0 bridgehead atoms. The minimum Gasteiger partial charge on any atom is -0.370 e. The highest BCUT2D eigenvalue weighted by Gasteiger charge is 2.23. The molecule has 0 aromatic heterocycles. The van der Waals surface area contributed by atoms with Gasteiger partial charge in [-0.1, -0.05) is 28.1 Å². The van der Waals surface area contributed by atoms with E-state index in [2.05, 4.69) is 15.9 Å². The van der Waals surface area contributed by atoms with Crippen molar-refractivity contribution in [1.82, 2.24) is 4.90 Å². The SMILES string of the molecule is CC(=O)N1CCOC(c2cccc(Br)c2)C1. The van der Waals surface area contributed by atoms with E-state index in [9.17, 15) is 4.79 Å². The Hall–Kier alpha value is -0.870. The molecule has 1 heterocycles. The standard InChI is InChI=1S/C12H14BrNO2/c1-9(15)14-5-6-16-12(8-14)10-3-2-4-11(13)7-10/h2-4,7,12H,5-6,8H2,1H3. The van der Waals surface area contributed by atoms with Crippen molar-refractivity contribution >= 4 is 21.8 Å². The zero-order valence-electron chi connectivity index (χ0n) is 9.15. The van der Waals surface area contributed by atoms with E-state index in [1.807, 2.05) is 29.2 Å². The van der Waals surface area contributed by atoms with Crippen LogP contribution in [0.15, 0.2) is 28.7 Å². The summed E-state index contributed by atoms with van der Waals surface area (Å²) in [7, 11) is 0. The van der Waals surface area contributed by atoms with E-state index >= 15 is 0 Å².